The largest absolute Gasteiger partial charge is 0.384 e. The number of ketones is 1. The molecule has 1 aromatic heterocycles. The molecule has 1 aliphatic rings. The van der Waals surface area contributed by atoms with Crippen molar-refractivity contribution in [3.63, 3.8) is 0 Å². The van der Waals surface area contributed by atoms with E-state index in [4.69, 9.17) is 0 Å². The molecule has 0 atom stereocenters. The Morgan fingerprint density at radius 1 is 1.32 bits per heavy atom. The highest BCUT2D eigenvalue weighted by atomic mass is 32.2. The number of nitrogens with one attached hydrogen (secondary N) is 2. The Kier molecular flexibility index (Phi) is 5.52. The minimum absolute atomic E-state index is 0.166. The number of carbonyl (C=O) groups excluding carboxylic acids is 1. The molecule has 3 rings (SSSR count). The smallest absolute Gasteiger partial charge is 0.277 e. The Morgan fingerprint density at radius 3 is 2.57 bits per heavy atom. The number of anilines is 1. The minimum Gasteiger partial charge on any atom is -0.384 e. The molecule has 0 spiro atoms. The molecule has 0 radical (unpaired) electrons. The summed E-state index contributed by atoms with van der Waals surface area (Å²) in [5.74, 6) is -0.148. The van der Waals surface area contributed by atoms with Crippen molar-refractivity contribution in [1.82, 2.24) is 9.78 Å². The summed E-state index contributed by atoms with van der Waals surface area (Å²) < 4.78 is 25.8. The van der Waals surface area contributed by atoms with Crippen LogP contribution in [-0.2, 0) is 16.9 Å². The highest BCUT2D eigenvalue weighted by Gasteiger charge is 2.33. The van der Waals surface area contributed by atoms with Gasteiger partial charge < -0.3 is 5.32 Å². The summed E-state index contributed by atoms with van der Waals surface area (Å²) in [5.41, 5.74) is 1.85. The lowest BCUT2D eigenvalue weighted by Gasteiger charge is -2.16. The Morgan fingerprint density at radius 2 is 2.00 bits per heavy atom. The number of nitrogens with zero attached hydrogens (tertiary/aromatic N) is 1. The van der Waals surface area contributed by atoms with Gasteiger partial charge in [-0.05, 0) is 43.9 Å². The number of hydrogen-bond donors (Lipinski definition) is 2. The molecule has 0 unspecified atom stereocenters. The molecule has 0 bridgehead atoms. The molecule has 28 heavy (non-hydrogen) atoms. The summed E-state index contributed by atoms with van der Waals surface area (Å²) in [6, 6.07) is 2.97. The lowest BCUT2D eigenvalue weighted by molar-refractivity contribution is 0.103. The monoisotopic (exact) mass is 405 g/mol. The molecule has 1 heterocycles. The van der Waals surface area contributed by atoms with Gasteiger partial charge in [0.15, 0.2) is 9.84 Å². The maximum absolute atomic E-state index is 13.3. The van der Waals surface area contributed by atoms with Crippen LogP contribution in [0.25, 0.3) is 0 Å². The fourth-order valence-electron chi connectivity index (χ4n) is 3.44. The molecule has 1 aliphatic carbocycles. The maximum atomic E-state index is 13.3. The van der Waals surface area contributed by atoms with Crippen LogP contribution in [0.3, 0.4) is 0 Å². The van der Waals surface area contributed by atoms with Crippen molar-refractivity contribution < 1.29 is 13.2 Å². The van der Waals surface area contributed by atoms with Crippen LogP contribution in [0.2, 0.25) is 0 Å². The highest BCUT2D eigenvalue weighted by molar-refractivity contribution is 7.90. The molecule has 7 nitrogen and oxygen atoms in total. The van der Waals surface area contributed by atoms with Gasteiger partial charge in [-0.1, -0.05) is 13.3 Å². The minimum atomic E-state index is -3.46. The Hall–Kier alpha value is -2.35. The normalized spacial score (nSPS) is 14.3. The summed E-state index contributed by atoms with van der Waals surface area (Å²) >= 11 is 0. The average molecular weight is 406 g/mol. The SMILES string of the molecule is CCCCNc1c(S(C)(=O)=O)ccc(C(=O)c2c(C3CC3)[nH]n(C)c2=O)c1C. The van der Waals surface area contributed by atoms with Gasteiger partial charge in [0.25, 0.3) is 5.56 Å². The molecule has 1 saturated carbocycles. The predicted octanol–water partition coefficient (Wildman–Crippen LogP) is 2.75. The van der Waals surface area contributed by atoms with E-state index in [-0.39, 0.29) is 27.7 Å². The van der Waals surface area contributed by atoms with Gasteiger partial charge in [0.1, 0.15) is 5.56 Å². The number of benzene rings is 1. The van der Waals surface area contributed by atoms with Gasteiger partial charge in [0.05, 0.1) is 16.3 Å². The first-order chi connectivity index (χ1) is 13.2. The third kappa shape index (κ3) is 3.78. The van der Waals surface area contributed by atoms with E-state index in [0.29, 0.717) is 29.1 Å². The number of unbranched alkanes of at least 4 members (excludes halogenated alkanes) is 1. The van der Waals surface area contributed by atoms with Crippen molar-refractivity contribution in [2.24, 2.45) is 7.05 Å². The fourth-order valence-corrected chi connectivity index (χ4v) is 4.35. The predicted molar refractivity (Wildman–Crippen MR) is 109 cm³/mol. The number of carbonyl (C=O) groups is 1. The Balaban J connectivity index is 2.11. The molecule has 152 valence electrons. The van der Waals surface area contributed by atoms with Gasteiger partial charge in [-0.2, -0.15) is 0 Å². The number of aryl methyl sites for hydroxylation is 1. The third-order valence-electron chi connectivity index (χ3n) is 5.19. The van der Waals surface area contributed by atoms with Crippen LogP contribution in [-0.4, -0.2) is 36.8 Å². The Bertz CT molecular complexity index is 1080. The third-order valence-corrected chi connectivity index (χ3v) is 6.33. The van der Waals surface area contributed by atoms with Crippen molar-refractivity contribution in [2.75, 3.05) is 18.1 Å². The average Bonchev–Trinajstić information content (AvgIpc) is 3.41. The van der Waals surface area contributed by atoms with Gasteiger partial charge in [-0.3, -0.25) is 19.4 Å². The number of sulfone groups is 1. The van der Waals surface area contributed by atoms with Crippen molar-refractivity contribution in [1.29, 1.82) is 0 Å². The van der Waals surface area contributed by atoms with Crippen molar-refractivity contribution in [3.8, 4) is 0 Å². The van der Waals surface area contributed by atoms with E-state index in [9.17, 15) is 18.0 Å². The summed E-state index contributed by atoms with van der Waals surface area (Å²) in [6.45, 7) is 4.38. The second-order valence-corrected chi connectivity index (χ2v) is 9.52. The maximum Gasteiger partial charge on any atom is 0.277 e. The molecule has 1 fully saturated rings. The number of rotatable bonds is 8. The zero-order chi connectivity index (χ0) is 20.6. The van der Waals surface area contributed by atoms with E-state index >= 15 is 0 Å². The number of aromatic amines is 1. The lowest BCUT2D eigenvalue weighted by atomic mass is 9.97. The molecular weight excluding hydrogens is 378 g/mol. The van der Waals surface area contributed by atoms with Gasteiger partial charge in [0, 0.05) is 31.3 Å². The second-order valence-electron chi connectivity index (χ2n) is 7.53. The molecule has 0 saturated heterocycles. The van der Waals surface area contributed by atoms with E-state index in [2.05, 4.69) is 10.4 Å². The van der Waals surface area contributed by atoms with Crippen LogP contribution < -0.4 is 10.9 Å². The quantitative estimate of drug-likeness (QED) is 0.519. The van der Waals surface area contributed by atoms with E-state index in [1.807, 2.05) is 6.92 Å². The van der Waals surface area contributed by atoms with E-state index in [1.54, 1.807) is 14.0 Å². The number of aromatic nitrogens is 2. The van der Waals surface area contributed by atoms with Crippen LogP contribution in [0.1, 0.15) is 65.7 Å². The second kappa shape index (κ2) is 7.58. The van der Waals surface area contributed by atoms with Crippen molar-refractivity contribution in [3.05, 3.63) is 44.9 Å². The van der Waals surface area contributed by atoms with E-state index in [1.165, 1.54) is 16.8 Å². The van der Waals surface area contributed by atoms with Crippen LogP contribution >= 0.6 is 0 Å². The molecule has 0 amide bonds. The van der Waals surface area contributed by atoms with Crippen molar-refractivity contribution >= 4 is 21.3 Å². The van der Waals surface area contributed by atoms with Gasteiger partial charge >= 0.3 is 0 Å². The van der Waals surface area contributed by atoms with E-state index < -0.39 is 9.84 Å². The van der Waals surface area contributed by atoms with Gasteiger partial charge in [-0.15, -0.1) is 0 Å². The first-order valence-electron chi connectivity index (χ1n) is 9.57. The summed E-state index contributed by atoms with van der Waals surface area (Å²) in [4.78, 5) is 26.0. The van der Waals surface area contributed by atoms with Crippen LogP contribution in [0, 0.1) is 6.92 Å². The first kappa shape index (κ1) is 20.4. The fraction of sp³-hybridized carbons (Fsp3) is 0.500. The topological polar surface area (TPSA) is 101 Å². The van der Waals surface area contributed by atoms with Crippen LogP contribution in [0.5, 0.6) is 0 Å². The molecular formula is C20H27N3O4S. The summed E-state index contributed by atoms with van der Waals surface area (Å²) in [5, 5.41) is 6.19. The number of hydrogen-bond acceptors (Lipinski definition) is 5. The van der Waals surface area contributed by atoms with Crippen LogP contribution in [0.4, 0.5) is 5.69 Å². The summed E-state index contributed by atoms with van der Waals surface area (Å²) in [6.07, 6.45) is 4.90. The Labute approximate surface area is 165 Å². The van der Waals surface area contributed by atoms with Crippen molar-refractivity contribution in [2.45, 2.75) is 50.3 Å². The van der Waals surface area contributed by atoms with E-state index in [0.717, 1.165) is 31.9 Å². The zero-order valence-corrected chi connectivity index (χ0v) is 17.6. The van der Waals surface area contributed by atoms with Gasteiger partial charge in [-0.25, -0.2) is 8.42 Å². The van der Waals surface area contributed by atoms with Crippen LogP contribution in [0.15, 0.2) is 21.8 Å². The van der Waals surface area contributed by atoms with Gasteiger partial charge in [0.2, 0.25) is 5.78 Å². The lowest BCUT2D eigenvalue weighted by Crippen LogP contribution is -2.21. The molecule has 0 aliphatic heterocycles. The molecule has 2 N–H and O–H groups in total. The highest BCUT2D eigenvalue weighted by Crippen LogP contribution is 2.40. The summed E-state index contributed by atoms with van der Waals surface area (Å²) in [7, 11) is -1.86. The number of H-pyrrole nitrogens is 1. The zero-order valence-electron chi connectivity index (χ0n) is 16.8. The first-order valence-corrected chi connectivity index (χ1v) is 11.5. The molecule has 2 aromatic rings. The standard InChI is InChI=1S/C20H27N3O4S/c1-5-6-11-21-17-12(2)14(9-10-15(17)28(4,26)27)19(24)16-18(13-7-8-13)22-23(3)20(16)25/h9-10,13,21-22H,5-8,11H2,1-4H3. The molecule has 8 heteroatoms. The molecule has 1 aromatic carbocycles.